The van der Waals surface area contributed by atoms with Crippen LogP contribution >= 0.6 is 11.6 Å². The highest BCUT2D eigenvalue weighted by atomic mass is 35.5. The largest absolute Gasteiger partial charge is 0.353 e. The first-order chi connectivity index (χ1) is 6.56. The number of alkyl halides is 1. The van der Waals surface area contributed by atoms with Crippen molar-refractivity contribution in [3.8, 4) is 0 Å². The molecule has 3 atom stereocenters. The lowest BCUT2D eigenvalue weighted by Crippen LogP contribution is -2.39. The Kier molecular flexibility index (Phi) is 4.24. The van der Waals surface area contributed by atoms with Gasteiger partial charge in [0.05, 0.1) is 0 Å². The molecule has 2 nitrogen and oxygen atoms in total. The summed E-state index contributed by atoms with van der Waals surface area (Å²) in [4.78, 5) is 11.7. The van der Waals surface area contributed by atoms with E-state index >= 15 is 0 Å². The highest BCUT2D eigenvalue weighted by molar-refractivity contribution is 6.17. The van der Waals surface area contributed by atoms with Crippen LogP contribution in [-0.4, -0.2) is 17.8 Å². The SMILES string of the molecule is CC(C)C(CCCl)NC(=O)C1CC1C. The molecule has 0 bridgehead atoms. The first-order valence-electron chi connectivity index (χ1n) is 5.42. The molecule has 82 valence electrons. The first kappa shape index (κ1) is 11.8. The summed E-state index contributed by atoms with van der Waals surface area (Å²) in [7, 11) is 0. The molecule has 0 aromatic heterocycles. The van der Waals surface area contributed by atoms with Gasteiger partial charge in [0.25, 0.3) is 0 Å². The van der Waals surface area contributed by atoms with Crippen LogP contribution in [0, 0.1) is 17.8 Å². The molecule has 1 aliphatic rings. The van der Waals surface area contributed by atoms with Gasteiger partial charge in [0.15, 0.2) is 0 Å². The second-order valence-corrected chi connectivity index (χ2v) is 5.03. The van der Waals surface area contributed by atoms with E-state index in [1.165, 1.54) is 0 Å². The average molecular weight is 218 g/mol. The monoisotopic (exact) mass is 217 g/mol. The zero-order valence-electron chi connectivity index (χ0n) is 9.22. The Hall–Kier alpha value is -0.240. The van der Waals surface area contributed by atoms with Gasteiger partial charge in [-0.15, -0.1) is 11.6 Å². The van der Waals surface area contributed by atoms with Gasteiger partial charge in [0, 0.05) is 17.8 Å². The minimum Gasteiger partial charge on any atom is -0.353 e. The van der Waals surface area contributed by atoms with Gasteiger partial charge < -0.3 is 5.32 Å². The maximum Gasteiger partial charge on any atom is 0.223 e. The predicted molar refractivity (Wildman–Crippen MR) is 59.4 cm³/mol. The standard InChI is InChI=1S/C11H20ClNO/c1-7(2)10(4-5-12)13-11(14)9-6-8(9)3/h7-10H,4-6H2,1-3H3,(H,13,14). The summed E-state index contributed by atoms with van der Waals surface area (Å²) in [5, 5.41) is 3.09. The topological polar surface area (TPSA) is 29.1 Å². The van der Waals surface area contributed by atoms with E-state index in [1.54, 1.807) is 0 Å². The number of nitrogens with one attached hydrogen (secondary N) is 1. The van der Waals surface area contributed by atoms with Gasteiger partial charge in [-0.3, -0.25) is 4.79 Å². The van der Waals surface area contributed by atoms with Crippen molar-refractivity contribution in [2.24, 2.45) is 17.8 Å². The number of carbonyl (C=O) groups is 1. The van der Waals surface area contributed by atoms with Crippen molar-refractivity contribution in [3.05, 3.63) is 0 Å². The molecule has 0 aromatic carbocycles. The Balaban J connectivity index is 2.35. The van der Waals surface area contributed by atoms with Crippen LogP contribution in [0.2, 0.25) is 0 Å². The van der Waals surface area contributed by atoms with Crippen molar-refractivity contribution in [2.45, 2.75) is 39.7 Å². The summed E-state index contributed by atoms with van der Waals surface area (Å²) in [6.45, 7) is 6.36. The lowest BCUT2D eigenvalue weighted by atomic mass is 10.0. The molecular formula is C11H20ClNO. The quantitative estimate of drug-likeness (QED) is 0.705. The number of hydrogen-bond donors (Lipinski definition) is 1. The molecule has 1 saturated carbocycles. The Morgan fingerprint density at radius 2 is 2.14 bits per heavy atom. The summed E-state index contributed by atoms with van der Waals surface area (Å²) in [5.74, 6) is 2.15. The number of hydrogen-bond acceptors (Lipinski definition) is 1. The molecule has 0 spiro atoms. The zero-order chi connectivity index (χ0) is 10.7. The molecule has 3 heteroatoms. The Morgan fingerprint density at radius 3 is 2.50 bits per heavy atom. The summed E-state index contributed by atoms with van der Waals surface area (Å²) in [6.07, 6.45) is 1.92. The van der Waals surface area contributed by atoms with Crippen LogP contribution in [-0.2, 0) is 4.79 Å². The fourth-order valence-electron chi connectivity index (χ4n) is 1.67. The van der Waals surface area contributed by atoms with Crippen LogP contribution < -0.4 is 5.32 Å². The van der Waals surface area contributed by atoms with Crippen molar-refractivity contribution in [3.63, 3.8) is 0 Å². The zero-order valence-corrected chi connectivity index (χ0v) is 9.97. The Bertz CT molecular complexity index is 205. The van der Waals surface area contributed by atoms with Gasteiger partial charge in [-0.1, -0.05) is 20.8 Å². The van der Waals surface area contributed by atoms with Crippen molar-refractivity contribution in [1.29, 1.82) is 0 Å². The number of halogens is 1. The van der Waals surface area contributed by atoms with Gasteiger partial charge in [-0.05, 0) is 24.7 Å². The molecule has 0 saturated heterocycles. The number of rotatable bonds is 5. The minimum absolute atomic E-state index is 0.223. The molecule has 1 rings (SSSR count). The minimum atomic E-state index is 0.223. The third-order valence-corrected chi connectivity index (χ3v) is 3.22. The third-order valence-electron chi connectivity index (χ3n) is 3.00. The smallest absolute Gasteiger partial charge is 0.223 e. The second-order valence-electron chi connectivity index (χ2n) is 4.66. The molecule has 1 aliphatic carbocycles. The van der Waals surface area contributed by atoms with Gasteiger partial charge in [-0.25, -0.2) is 0 Å². The lowest BCUT2D eigenvalue weighted by Gasteiger charge is -2.21. The fourth-order valence-corrected chi connectivity index (χ4v) is 1.90. The van der Waals surface area contributed by atoms with E-state index in [4.69, 9.17) is 11.6 Å². The maximum atomic E-state index is 11.7. The molecule has 1 amide bonds. The number of carbonyl (C=O) groups excluding carboxylic acids is 1. The van der Waals surface area contributed by atoms with Crippen LogP contribution in [0.1, 0.15) is 33.6 Å². The first-order valence-corrected chi connectivity index (χ1v) is 5.96. The summed E-state index contributed by atoms with van der Waals surface area (Å²) in [6, 6.07) is 0.243. The summed E-state index contributed by atoms with van der Waals surface area (Å²) < 4.78 is 0. The molecule has 0 aromatic rings. The lowest BCUT2D eigenvalue weighted by molar-refractivity contribution is -0.123. The van der Waals surface area contributed by atoms with Gasteiger partial charge >= 0.3 is 0 Å². The molecule has 0 radical (unpaired) electrons. The fraction of sp³-hybridized carbons (Fsp3) is 0.909. The highest BCUT2D eigenvalue weighted by Crippen LogP contribution is 2.37. The van der Waals surface area contributed by atoms with E-state index in [0.717, 1.165) is 12.8 Å². The van der Waals surface area contributed by atoms with E-state index in [-0.39, 0.29) is 17.9 Å². The molecule has 3 unspecified atom stereocenters. The van der Waals surface area contributed by atoms with Gasteiger partial charge in [0.1, 0.15) is 0 Å². The van der Waals surface area contributed by atoms with E-state index in [2.05, 4.69) is 26.1 Å². The van der Waals surface area contributed by atoms with Gasteiger partial charge in [-0.2, -0.15) is 0 Å². The van der Waals surface area contributed by atoms with Crippen LogP contribution in [0.5, 0.6) is 0 Å². The number of amides is 1. The Morgan fingerprint density at radius 1 is 1.57 bits per heavy atom. The molecule has 1 N–H and O–H groups in total. The van der Waals surface area contributed by atoms with E-state index < -0.39 is 0 Å². The van der Waals surface area contributed by atoms with Gasteiger partial charge in [0.2, 0.25) is 5.91 Å². The molecular weight excluding hydrogens is 198 g/mol. The van der Waals surface area contributed by atoms with E-state index in [9.17, 15) is 4.79 Å². The molecule has 14 heavy (non-hydrogen) atoms. The molecule has 1 fully saturated rings. The third kappa shape index (κ3) is 3.16. The van der Waals surface area contributed by atoms with Crippen LogP contribution in [0.4, 0.5) is 0 Å². The van der Waals surface area contributed by atoms with Crippen molar-refractivity contribution in [2.75, 3.05) is 5.88 Å². The van der Waals surface area contributed by atoms with E-state index in [1.807, 2.05) is 0 Å². The van der Waals surface area contributed by atoms with Crippen molar-refractivity contribution < 1.29 is 4.79 Å². The summed E-state index contributed by atoms with van der Waals surface area (Å²) in [5.41, 5.74) is 0. The molecule has 0 aliphatic heterocycles. The van der Waals surface area contributed by atoms with Crippen LogP contribution in [0.25, 0.3) is 0 Å². The van der Waals surface area contributed by atoms with Crippen LogP contribution in [0.15, 0.2) is 0 Å². The van der Waals surface area contributed by atoms with Crippen LogP contribution in [0.3, 0.4) is 0 Å². The molecule has 0 heterocycles. The van der Waals surface area contributed by atoms with Crippen molar-refractivity contribution in [1.82, 2.24) is 5.32 Å². The van der Waals surface area contributed by atoms with E-state index in [0.29, 0.717) is 17.7 Å². The normalized spacial score (nSPS) is 27.5. The second kappa shape index (κ2) is 5.01. The maximum absolute atomic E-state index is 11.7. The summed E-state index contributed by atoms with van der Waals surface area (Å²) >= 11 is 5.70. The predicted octanol–water partition coefficient (Wildman–Crippen LogP) is 2.41. The highest BCUT2D eigenvalue weighted by Gasteiger charge is 2.39. The Labute approximate surface area is 91.4 Å². The van der Waals surface area contributed by atoms with Crippen molar-refractivity contribution >= 4 is 17.5 Å². The average Bonchev–Trinajstić information content (AvgIpc) is 2.81.